The van der Waals surface area contributed by atoms with Crippen LogP contribution in [0.5, 0.6) is 0 Å². The SMILES string of the molecule is FC1(F)CCCCC1.NC1(Cc2cnn3cc(CNC(=O)c4nonc4C4CC4)nc3c2)CC(C(F)(F)F)NC1=O. The van der Waals surface area contributed by atoms with Crippen LogP contribution in [0.25, 0.3) is 5.65 Å². The summed E-state index contributed by atoms with van der Waals surface area (Å²) in [4.78, 5) is 28.9. The van der Waals surface area contributed by atoms with Gasteiger partial charge in [-0.05, 0) is 42.5 Å². The maximum atomic E-state index is 13.0. The first-order valence-electron chi connectivity index (χ1n) is 13.3. The molecule has 16 heteroatoms. The van der Waals surface area contributed by atoms with Gasteiger partial charge >= 0.3 is 6.18 Å². The van der Waals surface area contributed by atoms with Crippen molar-refractivity contribution in [1.82, 2.24) is 35.5 Å². The molecule has 2 amide bonds. The molecule has 4 heterocycles. The van der Waals surface area contributed by atoms with E-state index in [0.29, 0.717) is 35.4 Å². The Kier molecular flexibility index (Phi) is 7.70. The number of nitrogens with two attached hydrogens (primary N) is 1. The first kappa shape index (κ1) is 28.8. The molecule has 3 fully saturated rings. The van der Waals surface area contributed by atoms with Gasteiger partial charge in [0.05, 0.1) is 24.6 Å². The zero-order chi connectivity index (χ0) is 29.4. The van der Waals surface area contributed by atoms with Crippen LogP contribution in [0.3, 0.4) is 0 Å². The molecule has 2 atom stereocenters. The molecule has 1 saturated heterocycles. The minimum Gasteiger partial charge on any atom is -0.345 e. The number of fused-ring (bicyclic) bond motifs is 1. The Balaban J connectivity index is 0.000000365. The highest BCUT2D eigenvalue weighted by Crippen LogP contribution is 2.40. The van der Waals surface area contributed by atoms with Crippen molar-refractivity contribution in [3.63, 3.8) is 0 Å². The molecule has 4 N–H and O–H groups in total. The Morgan fingerprint density at radius 2 is 1.93 bits per heavy atom. The van der Waals surface area contributed by atoms with Gasteiger partial charge < -0.3 is 16.4 Å². The van der Waals surface area contributed by atoms with E-state index in [9.17, 15) is 31.5 Å². The van der Waals surface area contributed by atoms with Gasteiger partial charge in [-0.15, -0.1) is 0 Å². The van der Waals surface area contributed by atoms with Crippen LogP contribution in [0.15, 0.2) is 23.1 Å². The highest BCUT2D eigenvalue weighted by Gasteiger charge is 2.53. The van der Waals surface area contributed by atoms with Crippen LogP contribution in [0.4, 0.5) is 22.0 Å². The number of nitrogens with zero attached hydrogens (tertiary/aromatic N) is 5. The molecule has 6 rings (SSSR count). The third-order valence-corrected chi connectivity index (χ3v) is 7.38. The van der Waals surface area contributed by atoms with Gasteiger partial charge in [0.25, 0.3) is 5.91 Å². The summed E-state index contributed by atoms with van der Waals surface area (Å²) in [7, 11) is 0. The van der Waals surface area contributed by atoms with E-state index in [4.69, 9.17) is 5.73 Å². The number of aromatic nitrogens is 5. The number of rotatable bonds is 6. The average molecular weight is 585 g/mol. The normalized spacial score (nSPS) is 24.0. The average Bonchev–Trinajstić information content (AvgIpc) is 3.34. The number of imidazole rings is 1. The number of amides is 2. The lowest BCUT2D eigenvalue weighted by molar-refractivity contribution is -0.155. The molecule has 0 spiro atoms. The van der Waals surface area contributed by atoms with Crippen molar-refractivity contribution < 1.29 is 36.2 Å². The number of hydrogen-bond donors (Lipinski definition) is 3. The molecular formula is C25H29F5N8O3. The molecule has 3 aromatic heterocycles. The molecule has 0 radical (unpaired) electrons. The van der Waals surface area contributed by atoms with E-state index in [-0.39, 0.29) is 37.4 Å². The van der Waals surface area contributed by atoms with E-state index >= 15 is 0 Å². The maximum Gasteiger partial charge on any atom is 0.408 e. The van der Waals surface area contributed by atoms with E-state index in [1.54, 1.807) is 12.3 Å². The van der Waals surface area contributed by atoms with Gasteiger partial charge in [0.15, 0.2) is 11.3 Å². The molecule has 0 aromatic carbocycles. The van der Waals surface area contributed by atoms with Crippen LogP contribution in [0.2, 0.25) is 0 Å². The summed E-state index contributed by atoms with van der Waals surface area (Å²) in [6.45, 7) is 0.0883. The molecule has 222 valence electrons. The second-order valence-electron chi connectivity index (χ2n) is 10.9. The molecule has 41 heavy (non-hydrogen) atoms. The molecule has 2 aliphatic carbocycles. The van der Waals surface area contributed by atoms with Crippen molar-refractivity contribution in [1.29, 1.82) is 0 Å². The zero-order valence-electron chi connectivity index (χ0n) is 21.9. The van der Waals surface area contributed by atoms with Gasteiger partial charge in [0, 0.05) is 31.6 Å². The van der Waals surface area contributed by atoms with Crippen molar-refractivity contribution >= 4 is 17.5 Å². The van der Waals surface area contributed by atoms with Gasteiger partial charge in [-0.2, -0.15) is 18.3 Å². The van der Waals surface area contributed by atoms with E-state index in [1.807, 2.05) is 5.32 Å². The first-order valence-corrected chi connectivity index (χ1v) is 13.3. The predicted octanol–water partition coefficient (Wildman–Crippen LogP) is 3.20. The molecule has 0 bridgehead atoms. The van der Waals surface area contributed by atoms with Crippen LogP contribution >= 0.6 is 0 Å². The van der Waals surface area contributed by atoms with Crippen molar-refractivity contribution in [3.05, 3.63) is 41.1 Å². The summed E-state index contributed by atoms with van der Waals surface area (Å²) >= 11 is 0. The Labute approximate surface area is 230 Å². The quantitative estimate of drug-likeness (QED) is 0.374. The Morgan fingerprint density at radius 3 is 2.54 bits per heavy atom. The van der Waals surface area contributed by atoms with Gasteiger partial charge in [-0.1, -0.05) is 11.6 Å². The summed E-state index contributed by atoms with van der Waals surface area (Å²) in [5.41, 5.74) is 6.36. The van der Waals surface area contributed by atoms with Gasteiger partial charge in [0.1, 0.15) is 17.3 Å². The van der Waals surface area contributed by atoms with Crippen molar-refractivity contribution in [2.75, 3.05) is 0 Å². The van der Waals surface area contributed by atoms with Crippen molar-refractivity contribution in [2.45, 2.75) is 93.9 Å². The number of carbonyl (C=O) groups is 2. The smallest absolute Gasteiger partial charge is 0.345 e. The third-order valence-electron chi connectivity index (χ3n) is 7.38. The monoisotopic (exact) mass is 584 g/mol. The van der Waals surface area contributed by atoms with Crippen LogP contribution in [-0.4, -0.2) is 60.4 Å². The van der Waals surface area contributed by atoms with Gasteiger partial charge in [0.2, 0.25) is 11.8 Å². The zero-order valence-corrected chi connectivity index (χ0v) is 21.9. The highest BCUT2D eigenvalue weighted by atomic mass is 19.4. The number of halogens is 5. The first-order chi connectivity index (χ1) is 19.3. The number of hydrogen-bond acceptors (Lipinski definition) is 8. The molecule has 11 nitrogen and oxygen atoms in total. The summed E-state index contributed by atoms with van der Waals surface area (Å²) in [6, 6.07) is -0.387. The summed E-state index contributed by atoms with van der Waals surface area (Å²) in [5, 5.41) is 16.3. The van der Waals surface area contributed by atoms with Crippen LogP contribution in [-0.2, 0) is 17.8 Å². The Bertz CT molecular complexity index is 1410. The fourth-order valence-corrected chi connectivity index (χ4v) is 4.97. The van der Waals surface area contributed by atoms with E-state index in [2.05, 4.69) is 30.3 Å². The lowest BCUT2D eigenvalue weighted by Gasteiger charge is -2.21. The topological polar surface area (TPSA) is 153 Å². The third kappa shape index (κ3) is 6.80. The molecular weight excluding hydrogens is 555 g/mol. The second-order valence-corrected chi connectivity index (χ2v) is 10.9. The number of alkyl halides is 5. The number of nitrogens with one attached hydrogen (secondary N) is 2. The highest BCUT2D eigenvalue weighted by molar-refractivity contribution is 5.93. The maximum absolute atomic E-state index is 13.0. The molecule has 2 saturated carbocycles. The summed E-state index contributed by atoms with van der Waals surface area (Å²) in [6.07, 6.45) is 2.31. The molecule has 1 aliphatic heterocycles. The lowest BCUT2D eigenvalue weighted by Crippen LogP contribution is -2.48. The van der Waals surface area contributed by atoms with E-state index in [1.165, 1.54) is 10.7 Å². The van der Waals surface area contributed by atoms with Gasteiger partial charge in [-0.25, -0.2) is 22.9 Å². The fourth-order valence-electron chi connectivity index (χ4n) is 4.97. The van der Waals surface area contributed by atoms with E-state index in [0.717, 1.165) is 19.3 Å². The molecule has 2 unspecified atom stereocenters. The Hall–Kier alpha value is -3.69. The van der Waals surface area contributed by atoms with Crippen LogP contribution < -0.4 is 16.4 Å². The second kappa shape index (κ2) is 10.9. The van der Waals surface area contributed by atoms with Crippen molar-refractivity contribution in [3.8, 4) is 0 Å². The van der Waals surface area contributed by atoms with Crippen molar-refractivity contribution in [2.24, 2.45) is 5.73 Å². The minimum atomic E-state index is -4.57. The molecule has 3 aromatic rings. The largest absolute Gasteiger partial charge is 0.408 e. The van der Waals surface area contributed by atoms with Crippen LogP contribution in [0.1, 0.15) is 84.7 Å². The van der Waals surface area contributed by atoms with Gasteiger partial charge in [-0.3, -0.25) is 9.59 Å². The number of carbonyl (C=O) groups excluding carboxylic acids is 2. The summed E-state index contributed by atoms with van der Waals surface area (Å²) in [5.74, 6) is -3.41. The molecule has 3 aliphatic rings. The van der Waals surface area contributed by atoms with E-state index < -0.39 is 41.9 Å². The summed E-state index contributed by atoms with van der Waals surface area (Å²) < 4.78 is 69.5. The fraction of sp³-hybridized carbons (Fsp3) is 0.600. The standard InChI is InChI=1S/C19H19F3N8O3.C6H10F2/c20-19(21,22)12-5-18(23,17(32)27-12)4-9-3-13-26-11(8-30(13)25-6-9)7-24-16(31)15-14(10-1-2-10)28-33-29-15;7-6(8)4-2-1-3-5-6/h3,6,8,10,12H,1-2,4-5,7,23H2,(H,24,31)(H,27,32);1-5H2. The lowest BCUT2D eigenvalue weighted by atomic mass is 9.89. The van der Waals surface area contributed by atoms with Crippen LogP contribution in [0, 0.1) is 0 Å². The minimum absolute atomic E-state index is 0.0883. The predicted molar refractivity (Wildman–Crippen MR) is 132 cm³/mol. The Morgan fingerprint density at radius 1 is 1.20 bits per heavy atom.